The van der Waals surface area contributed by atoms with E-state index in [9.17, 15) is 0 Å². The fraction of sp³-hybridized carbons (Fsp3) is 0. The van der Waals surface area contributed by atoms with Crippen molar-refractivity contribution in [2.45, 2.75) is 0 Å². The Balaban J connectivity index is 1.14. The highest BCUT2D eigenvalue weighted by Crippen LogP contribution is 2.49. The standard InChI is InChI=1S/C43H27N3/c1-3-12-28(13-4-1)41-44-42(29-14-5-2-6-15-29)46-43(45-41)33-19-10-17-31(27-33)30-16-9-18-32(26-30)34-24-25-39-36-21-8-7-20-35(36)38-23-11-22-37(34)40(38)39/h1-27H. The largest absolute Gasteiger partial charge is 0.208 e. The molecule has 1 aromatic heterocycles. The fourth-order valence-corrected chi connectivity index (χ4v) is 6.70. The molecule has 1 aliphatic rings. The Bertz CT molecular complexity index is 2330. The van der Waals surface area contributed by atoms with Crippen LogP contribution in [0.2, 0.25) is 0 Å². The first-order chi connectivity index (χ1) is 22.8. The van der Waals surface area contributed by atoms with Gasteiger partial charge >= 0.3 is 0 Å². The van der Waals surface area contributed by atoms with Gasteiger partial charge in [0.05, 0.1) is 0 Å². The molecule has 0 saturated heterocycles. The van der Waals surface area contributed by atoms with E-state index < -0.39 is 0 Å². The third-order valence-corrected chi connectivity index (χ3v) is 8.88. The monoisotopic (exact) mass is 585 g/mol. The minimum Gasteiger partial charge on any atom is -0.208 e. The zero-order valence-corrected chi connectivity index (χ0v) is 24.9. The predicted molar refractivity (Wildman–Crippen MR) is 189 cm³/mol. The summed E-state index contributed by atoms with van der Waals surface area (Å²) in [6.45, 7) is 0. The Kier molecular flexibility index (Phi) is 6.14. The van der Waals surface area contributed by atoms with Crippen LogP contribution >= 0.6 is 0 Å². The summed E-state index contributed by atoms with van der Waals surface area (Å²) in [7, 11) is 0. The lowest BCUT2D eigenvalue weighted by atomic mass is 9.92. The Morgan fingerprint density at radius 2 is 0.674 bits per heavy atom. The third kappa shape index (κ3) is 4.41. The van der Waals surface area contributed by atoms with Crippen LogP contribution in [-0.2, 0) is 0 Å². The van der Waals surface area contributed by atoms with Crippen LogP contribution in [0.3, 0.4) is 0 Å². The van der Waals surface area contributed by atoms with Gasteiger partial charge in [0.1, 0.15) is 0 Å². The Morgan fingerprint density at radius 3 is 1.30 bits per heavy atom. The van der Waals surface area contributed by atoms with Crippen LogP contribution in [0, 0.1) is 0 Å². The molecule has 1 heterocycles. The summed E-state index contributed by atoms with van der Waals surface area (Å²) < 4.78 is 0. The van der Waals surface area contributed by atoms with E-state index in [-0.39, 0.29) is 0 Å². The van der Waals surface area contributed by atoms with Gasteiger partial charge in [-0.3, -0.25) is 0 Å². The van der Waals surface area contributed by atoms with Gasteiger partial charge in [-0.1, -0.05) is 152 Å². The molecule has 214 valence electrons. The maximum atomic E-state index is 4.95. The molecular formula is C43H27N3. The van der Waals surface area contributed by atoms with Gasteiger partial charge in [0, 0.05) is 16.7 Å². The van der Waals surface area contributed by atoms with Crippen LogP contribution < -0.4 is 0 Å². The van der Waals surface area contributed by atoms with E-state index in [2.05, 4.69) is 103 Å². The Morgan fingerprint density at radius 1 is 0.261 bits per heavy atom. The molecule has 0 unspecified atom stereocenters. The minimum atomic E-state index is 0.651. The van der Waals surface area contributed by atoms with Gasteiger partial charge in [-0.25, -0.2) is 15.0 Å². The molecule has 0 saturated carbocycles. The lowest BCUT2D eigenvalue weighted by Gasteiger charge is -2.12. The first-order valence-electron chi connectivity index (χ1n) is 15.5. The molecule has 0 spiro atoms. The van der Waals surface area contributed by atoms with Crippen molar-refractivity contribution in [2.75, 3.05) is 0 Å². The van der Waals surface area contributed by atoms with Crippen LogP contribution in [0.1, 0.15) is 0 Å². The summed E-state index contributed by atoms with van der Waals surface area (Å²) in [5.41, 5.74) is 12.8. The summed E-state index contributed by atoms with van der Waals surface area (Å²) in [6.07, 6.45) is 0. The van der Waals surface area contributed by atoms with E-state index in [1.165, 1.54) is 44.2 Å². The summed E-state index contributed by atoms with van der Waals surface area (Å²) in [5, 5.41) is 2.62. The smallest absolute Gasteiger partial charge is 0.164 e. The van der Waals surface area contributed by atoms with Crippen LogP contribution in [0.15, 0.2) is 164 Å². The zero-order valence-electron chi connectivity index (χ0n) is 24.9. The molecule has 8 aromatic rings. The second-order valence-electron chi connectivity index (χ2n) is 11.6. The van der Waals surface area contributed by atoms with E-state index in [4.69, 9.17) is 15.0 Å². The molecule has 1 aliphatic carbocycles. The highest BCUT2D eigenvalue weighted by molar-refractivity contribution is 6.18. The van der Waals surface area contributed by atoms with Crippen LogP contribution in [0.25, 0.3) is 89.4 Å². The maximum absolute atomic E-state index is 4.95. The normalized spacial score (nSPS) is 11.5. The van der Waals surface area contributed by atoms with Gasteiger partial charge in [0.15, 0.2) is 17.5 Å². The molecule has 0 amide bonds. The topological polar surface area (TPSA) is 38.7 Å². The minimum absolute atomic E-state index is 0.651. The first kappa shape index (κ1) is 26.2. The predicted octanol–water partition coefficient (Wildman–Crippen LogP) is 11.0. The summed E-state index contributed by atoms with van der Waals surface area (Å²) in [6, 6.07) is 57.5. The van der Waals surface area contributed by atoms with E-state index in [1.807, 2.05) is 60.7 Å². The second kappa shape index (κ2) is 10.8. The van der Waals surface area contributed by atoms with Crippen molar-refractivity contribution in [1.82, 2.24) is 15.0 Å². The van der Waals surface area contributed by atoms with Crippen molar-refractivity contribution < 1.29 is 0 Å². The van der Waals surface area contributed by atoms with Gasteiger partial charge in [-0.15, -0.1) is 0 Å². The van der Waals surface area contributed by atoms with Crippen molar-refractivity contribution in [3.05, 3.63) is 164 Å². The molecule has 0 aliphatic heterocycles. The van der Waals surface area contributed by atoms with Gasteiger partial charge < -0.3 is 0 Å². The number of hydrogen-bond donors (Lipinski definition) is 0. The average Bonchev–Trinajstić information content (AvgIpc) is 3.47. The quantitative estimate of drug-likeness (QED) is 0.202. The molecule has 46 heavy (non-hydrogen) atoms. The van der Waals surface area contributed by atoms with Crippen molar-refractivity contribution in [3.8, 4) is 78.7 Å². The number of benzene rings is 7. The number of rotatable bonds is 5. The van der Waals surface area contributed by atoms with Gasteiger partial charge in [0.25, 0.3) is 0 Å². The van der Waals surface area contributed by atoms with E-state index >= 15 is 0 Å². The molecule has 7 aromatic carbocycles. The maximum Gasteiger partial charge on any atom is 0.164 e. The first-order valence-corrected chi connectivity index (χ1v) is 15.5. The van der Waals surface area contributed by atoms with Crippen molar-refractivity contribution in [1.29, 1.82) is 0 Å². The Hall–Kier alpha value is -6.19. The van der Waals surface area contributed by atoms with Crippen LogP contribution in [0.5, 0.6) is 0 Å². The third-order valence-electron chi connectivity index (χ3n) is 8.88. The number of nitrogens with zero attached hydrogens (tertiary/aromatic N) is 3. The molecule has 9 rings (SSSR count). The number of hydrogen-bond acceptors (Lipinski definition) is 3. The highest BCUT2D eigenvalue weighted by atomic mass is 15.0. The van der Waals surface area contributed by atoms with Crippen molar-refractivity contribution in [3.63, 3.8) is 0 Å². The average molecular weight is 586 g/mol. The summed E-state index contributed by atoms with van der Waals surface area (Å²) in [5.74, 6) is 1.97. The van der Waals surface area contributed by atoms with Crippen molar-refractivity contribution >= 4 is 10.8 Å². The van der Waals surface area contributed by atoms with Crippen LogP contribution in [-0.4, -0.2) is 15.0 Å². The SMILES string of the molecule is c1ccc(-c2nc(-c3ccccc3)nc(-c3cccc(-c4cccc(-c5ccc6c7c(cccc57)-c5ccccc5-6)c4)c3)n2)cc1. The molecule has 0 fully saturated rings. The van der Waals surface area contributed by atoms with Gasteiger partial charge in [0.2, 0.25) is 0 Å². The summed E-state index contributed by atoms with van der Waals surface area (Å²) >= 11 is 0. The number of aromatic nitrogens is 3. The highest BCUT2D eigenvalue weighted by Gasteiger charge is 2.22. The van der Waals surface area contributed by atoms with E-state index in [0.29, 0.717) is 17.5 Å². The summed E-state index contributed by atoms with van der Waals surface area (Å²) in [4.78, 5) is 14.8. The molecular weight excluding hydrogens is 558 g/mol. The fourth-order valence-electron chi connectivity index (χ4n) is 6.70. The molecule has 0 radical (unpaired) electrons. The zero-order chi connectivity index (χ0) is 30.5. The van der Waals surface area contributed by atoms with E-state index in [0.717, 1.165) is 27.8 Å². The van der Waals surface area contributed by atoms with Crippen molar-refractivity contribution in [2.24, 2.45) is 0 Å². The molecule has 0 N–H and O–H groups in total. The lowest BCUT2D eigenvalue weighted by Crippen LogP contribution is -2.00. The molecule has 3 nitrogen and oxygen atoms in total. The Labute approximate surface area is 267 Å². The molecule has 0 atom stereocenters. The van der Waals surface area contributed by atoms with Gasteiger partial charge in [-0.05, 0) is 67.4 Å². The second-order valence-corrected chi connectivity index (χ2v) is 11.6. The molecule has 0 bridgehead atoms. The lowest BCUT2D eigenvalue weighted by molar-refractivity contribution is 1.07. The van der Waals surface area contributed by atoms with E-state index in [1.54, 1.807) is 0 Å². The van der Waals surface area contributed by atoms with Crippen LogP contribution in [0.4, 0.5) is 0 Å². The molecule has 3 heteroatoms. The van der Waals surface area contributed by atoms with Gasteiger partial charge in [-0.2, -0.15) is 0 Å². The number of fused-ring (bicyclic) bond motifs is 3.